The molecule has 4 aromatic carbocycles. The van der Waals surface area contributed by atoms with E-state index in [0.29, 0.717) is 0 Å². The van der Waals surface area contributed by atoms with Crippen molar-refractivity contribution in [3.05, 3.63) is 146 Å². The van der Waals surface area contributed by atoms with Gasteiger partial charge in [0.1, 0.15) is 11.2 Å². The molecule has 0 saturated carbocycles. The summed E-state index contributed by atoms with van der Waals surface area (Å²) in [5.74, 6) is 0. The molecule has 210 valence electrons. The number of hydrogen-bond acceptors (Lipinski definition) is 5. The fourth-order valence-electron chi connectivity index (χ4n) is 6.34. The van der Waals surface area contributed by atoms with Crippen LogP contribution in [0.5, 0.6) is 0 Å². The summed E-state index contributed by atoms with van der Waals surface area (Å²) in [7, 11) is 0. The molecule has 5 nitrogen and oxygen atoms in total. The van der Waals surface area contributed by atoms with Crippen LogP contribution in [0.4, 0.5) is 0 Å². The first-order valence-corrected chi connectivity index (χ1v) is 14.9. The smallest absolute Gasteiger partial charge is 0.143 e. The van der Waals surface area contributed by atoms with Crippen molar-refractivity contribution in [1.82, 2.24) is 19.9 Å². The molecule has 9 rings (SSSR count). The van der Waals surface area contributed by atoms with Crippen LogP contribution in [-0.4, -0.2) is 19.9 Å². The Morgan fingerprint density at radius 3 is 1.80 bits per heavy atom. The zero-order valence-electron chi connectivity index (χ0n) is 24.1. The average molecular weight is 577 g/mol. The van der Waals surface area contributed by atoms with E-state index in [1.165, 1.54) is 0 Å². The van der Waals surface area contributed by atoms with Gasteiger partial charge in [-0.3, -0.25) is 9.97 Å². The molecule has 0 bridgehead atoms. The van der Waals surface area contributed by atoms with Gasteiger partial charge in [-0.05, 0) is 60.2 Å². The lowest BCUT2D eigenvalue weighted by Gasteiger charge is -2.15. The average Bonchev–Trinajstić information content (AvgIpc) is 3.51. The maximum absolute atomic E-state index is 6.76. The number of para-hydroxylation sites is 2. The minimum atomic E-state index is 0.762. The second-order valence-corrected chi connectivity index (χ2v) is 11.0. The molecule has 45 heavy (non-hydrogen) atoms. The molecule has 0 aliphatic carbocycles. The summed E-state index contributed by atoms with van der Waals surface area (Å²) >= 11 is 0. The fraction of sp³-hybridized carbons (Fsp3) is 0. The van der Waals surface area contributed by atoms with Crippen molar-refractivity contribution in [2.75, 3.05) is 0 Å². The minimum absolute atomic E-state index is 0.762. The van der Waals surface area contributed by atoms with Crippen molar-refractivity contribution >= 4 is 43.6 Å². The third-order valence-electron chi connectivity index (χ3n) is 8.35. The van der Waals surface area contributed by atoms with Gasteiger partial charge in [-0.2, -0.15) is 0 Å². The lowest BCUT2D eigenvalue weighted by Crippen LogP contribution is -1.95. The molecule has 5 heteroatoms. The quantitative estimate of drug-likeness (QED) is 0.195. The first-order chi connectivity index (χ1) is 22.3. The number of pyridine rings is 4. The molecular formula is C40H24N4O. The molecule has 0 spiro atoms. The number of hydrogen-bond donors (Lipinski definition) is 0. The number of fused-ring (bicyclic) bond motifs is 7. The van der Waals surface area contributed by atoms with E-state index in [2.05, 4.69) is 82.8 Å². The summed E-state index contributed by atoms with van der Waals surface area (Å²) in [5, 5.41) is 5.42. The lowest BCUT2D eigenvalue weighted by atomic mass is 9.91. The highest BCUT2D eigenvalue weighted by Gasteiger charge is 2.22. The minimum Gasteiger partial charge on any atom is -0.455 e. The summed E-state index contributed by atoms with van der Waals surface area (Å²) < 4.78 is 6.76. The van der Waals surface area contributed by atoms with Gasteiger partial charge < -0.3 is 4.42 Å². The Hall–Kier alpha value is -6.20. The van der Waals surface area contributed by atoms with Crippen LogP contribution in [0.15, 0.2) is 150 Å². The highest BCUT2D eigenvalue weighted by Crippen LogP contribution is 2.46. The van der Waals surface area contributed by atoms with Crippen LogP contribution in [0.1, 0.15) is 0 Å². The van der Waals surface area contributed by atoms with Crippen LogP contribution in [0.3, 0.4) is 0 Å². The number of furan rings is 1. The molecule has 0 fully saturated rings. The molecular weight excluding hydrogens is 552 g/mol. The highest BCUT2D eigenvalue weighted by molar-refractivity contribution is 6.30. The molecule has 5 aromatic heterocycles. The van der Waals surface area contributed by atoms with E-state index in [1.807, 2.05) is 60.7 Å². The lowest BCUT2D eigenvalue weighted by molar-refractivity contribution is 0.670. The molecule has 0 aliphatic rings. The summed E-state index contributed by atoms with van der Waals surface area (Å²) in [6.45, 7) is 0. The number of aromatic nitrogens is 4. The van der Waals surface area contributed by atoms with Gasteiger partial charge in [0, 0.05) is 50.5 Å². The largest absolute Gasteiger partial charge is 0.455 e. The second kappa shape index (κ2) is 10.2. The van der Waals surface area contributed by atoms with Gasteiger partial charge in [-0.15, -0.1) is 0 Å². The second-order valence-electron chi connectivity index (χ2n) is 11.0. The molecule has 9 aromatic rings. The Morgan fingerprint density at radius 1 is 0.444 bits per heavy atom. The van der Waals surface area contributed by atoms with E-state index in [1.54, 1.807) is 12.4 Å². The van der Waals surface area contributed by atoms with E-state index in [9.17, 15) is 0 Å². The Balaban J connectivity index is 1.46. The highest BCUT2D eigenvalue weighted by atomic mass is 16.3. The summed E-state index contributed by atoms with van der Waals surface area (Å²) in [4.78, 5) is 19.5. The zero-order chi connectivity index (χ0) is 29.7. The standard InChI is InChI=1S/C40H24N4O/c1-2-12-25(13-3-1)39-30-24-29(26-22-34(32-17-8-10-20-41-32)43-35(23-26)33-18-9-11-21-42-33)40-38(28-15-5-7-19-36(28)45-40)37(30)27-14-4-6-16-31(27)44-39/h1-24H. The van der Waals surface area contributed by atoms with Gasteiger partial charge in [-0.25, -0.2) is 9.97 Å². The number of nitrogens with zero attached hydrogens (tertiary/aromatic N) is 4. The molecule has 0 radical (unpaired) electrons. The molecule has 0 saturated heterocycles. The van der Waals surface area contributed by atoms with Crippen LogP contribution < -0.4 is 0 Å². The van der Waals surface area contributed by atoms with Crippen LogP contribution in [0.25, 0.3) is 88.8 Å². The third-order valence-corrected chi connectivity index (χ3v) is 8.35. The van der Waals surface area contributed by atoms with Gasteiger partial charge in [0.25, 0.3) is 0 Å². The number of benzene rings is 4. The Morgan fingerprint density at radius 2 is 1.09 bits per heavy atom. The molecule has 0 atom stereocenters. The molecule has 0 aliphatic heterocycles. The van der Waals surface area contributed by atoms with E-state index in [4.69, 9.17) is 14.4 Å². The van der Waals surface area contributed by atoms with Gasteiger partial charge in [0.2, 0.25) is 0 Å². The molecule has 0 N–H and O–H groups in total. The van der Waals surface area contributed by atoms with Crippen molar-refractivity contribution in [1.29, 1.82) is 0 Å². The van der Waals surface area contributed by atoms with Gasteiger partial charge in [0.15, 0.2) is 0 Å². The van der Waals surface area contributed by atoms with E-state index >= 15 is 0 Å². The van der Waals surface area contributed by atoms with Gasteiger partial charge in [0.05, 0.1) is 34.0 Å². The first-order valence-electron chi connectivity index (χ1n) is 14.9. The Bertz CT molecular complexity index is 2470. The fourth-order valence-corrected chi connectivity index (χ4v) is 6.34. The van der Waals surface area contributed by atoms with Crippen LogP contribution in [0, 0.1) is 0 Å². The molecule has 5 heterocycles. The van der Waals surface area contributed by atoms with E-state index in [-0.39, 0.29) is 0 Å². The van der Waals surface area contributed by atoms with Crippen LogP contribution in [-0.2, 0) is 0 Å². The maximum atomic E-state index is 6.76. The predicted molar refractivity (Wildman–Crippen MR) is 182 cm³/mol. The Kier molecular flexibility index (Phi) is 5.74. The van der Waals surface area contributed by atoms with Gasteiger partial charge >= 0.3 is 0 Å². The predicted octanol–water partition coefficient (Wildman–Crippen LogP) is 10.1. The summed E-state index contributed by atoms with van der Waals surface area (Å²) in [6, 6.07) is 45.2. The van der Waals surface area contributed by atoms with Crippen molar-refractivity contribution in [2.24, 2.45) is 0 Å². The van der Waals surface area contributed by atoms with Crippen LogP contribution in [0.2, 0.25) is 0 Å². The molecule has 0 unspecified atom stereocenters. The summed E-state index contributed by atoms with van der Waals surface area (Å²) in [5.41, 5.74) is 9.62. The van der Waals surface area contributed by atoms with Crippen molar-refractivity contribution in [3.63, 3.8) is 0 Å². The van der Waals surface area contributed by atoms with Gasteiger partial charge in [-0.1, -0.05) is 78.9 Å². The van der Waals surface area contributed by atoms with Crippen LogP contribution >= 0.6 is 0 Å². The SMILES string of the molecule is c1ccc(-c2nc3ccccc3c3c2cc(-c2cc(-c4ccccn4)nc(-c4ccccn4)c2)c2oc4ccccc4c23)cc1. The summed E-state index contributed by atoms with van der Waals surface area (Å²) in [6.07, 6.45) is 3.58. The van der Waals surface area contributed by atoms with Crippen molar-refractivity contribution < 1.29 is 4.42 Å². The molecule has 0 amide bonds. The monoisotopic (exact) mass is 576 g/mol. The normalized spacial score (nSPS) is 11.6. The first kappa shape index (κ1) is 25.3. The van der Waals surface area contributed by atoms with E-state index in [0.717, 1.165) is 88.8 Å². The zero-order valence-corrected chi connectivity index (χ0v) is 24.1. The van der Waals surface area contributed by atoms with Crippen molar-refractivity contribution in [3.8, 4) is 45.2 Å². The van der Waals surface area contributed by atoms with Crippen molar-refractivity contribution in [2.45, 2.75) is 0 Å². The topological polar surface area (TPSA) is 64.7 Å². The number of rotatable bonds is 4. The van der Waals surface area contributed by atoms with E-state index < -0.39 is 0 Å². The third kappa shape index (κ3) is 4.17. The Labute approximate surface area is 258 Å². The maximum Gasteiger partial charge on any atom is 0.143 e.